The van der Waals surface area contributed by atoms with Gasteiger partial charge in [-0.1, -0.05) is 30.3 Å². The first-order valence-electron chi connectivity index (χ1n) is 6.28. The zero-order valence-corrected chi connectivity index (χ0v) is 11.0. The molecule has 0 aliphatic heterocycles. The molecule has 0 aliphatic rings. The second kappa shape index (κ2) is 6.09. The lowest BCUT2D eigenvalue weighted by Gasteiger charge is -2.13. The Hall–Kier alpha value is -1.81. The largest absolute Gasteiger partial charge is 0.388 e. The Balaban J connectivity index is 2.15. The summed E-state index contributed by atoms with van der Waals surface area (Å²) < 4.78 is 38.1. The van der Waals surface area contributed by atoms with E-state index < -0.39 is 12.5 Å². The molecule has 1 atom stereocenters. The van der Waals surface area contributed by atoms with Crippen LogP contribution in [-0.2, 0) is 6.42 Å². The van der Waals surface area contributed by atoms with Crippen LogP contribution in [0.4, 0.5) is 13.2 Å². The van der Waals surface area contributed by atoms with Crippen LogP contribution in [0.15, 0.2) is 42.5 Å². The molecule has 1 unspecified atom stereocenters. The van der Waals surface area contributed by atoms with Crippen LogP contribution in [0.25, 0.3) is 0 Å². The summed E-state index contributed by atoms with van der Waals surface area (Å²) in [5.74, 6) is -0.356. The fraction of sp³-hybridized carbons (Fsp3) is 0.250. The highest BCUT2D eigenvalue weighted by molar-refractivity contribution is 5.30. The van der Waals surface area contributed by atoms with E-state index in [2.05, 4.69) is 0 Å². The summed E-state index contributed by atoms with van der Waals surface area (Å²) in [4.78, 5) is 0. The number of aliphatic hydroxyl groups is 1. The van der Waals surface area contributed by atoms with Gasteiger partial charge < -0.3 is 5.11 Å². The average molecular weight is 280 g/mol. The minimum atomic E-state index is -2.52. The zero-order valence-electron chi connectivity index (χ0n) is 11.0. The van der Waals surface area contributed by atoms with Gasteiger partial charge in [0.15, 0.2) is 0 Å². The number of rotatable bonds is 4. The van der Waals surface area contributed by atoms with Crippen LogP contribution in [0.3, 0.4) is 0 Å². The van der Waals surface area contributed by atoms with Crippen molar-refractivity contribution in [3.8, 4) is 0 Å². The van der Waals surface area contributed by atoms with Gasteiger partial charge in [-0.2, -0.15) is 0 Å². The molecular formula is C16H15F3O. The standard InChI is InChI=1S/C16H15F3O/c1-10-2-7-14(17)8-13(10)9-15(20)11-3-5-12(6-4-11)16(18)19/h2-8,15-16,20H,9H2,1H3. The maximum absolute atomic E-state index is 13.2. The summed E-state index contributed by atoms with van der Waals surface area (Å²) in [5, 5.41) is 10.1. The first kappa shape index (κ1) is 14.6. The van der Waals surface area contributed by atoms with E-state index in [9.17, 15) is 18.3 Å². The van der Waals surface area contributed by atoms with Crippen LogP contribution in [0.5, 0.6) is 0 Å². The third kappa shape index (κ3) is 3.39. The molecule has 4 heteroatoms. The van der Waals surface area contributed by atoms with Crippen LogP contribution in [0.2, 0.25) is 0 Å². The average Bonchev–Trinajstić information content (AvgIpc) is 2.43. The summed E-state index contributed by atoms with van der Waals surface area (Å²) >= 11 is 0. The second-order valence-electron chi connectivity index (χ2n) is 4.76. The Bertz CT molecular complexity index is 579. The summed E-state index contributed by atoms with van der Waals surface area (Å²) in [6, 6.07) is 9.93. The van der Waals surface area contributed by atoms with Gasteiger partial charge in [-0.3, -0.25) is 0 Å². The first-order valence-corrected chi connectivity index (χ1v) is 6.28. The van der Waals surface area contributed by atoms with Crippen molar-refractivity contribution in [2.45, 2.75) is 25.9 Å². The van der Waals surface area contributed by atoms with E-state index in [1.807, 2.05) is 6.92 Å². The molecule has 2 aromatic carbocycles. The monoisotopic (exact) mass is 280 g/mol. The Labute approximate surface area is 115 Å². The molecule has 1 N–H and O–H groups in total. The predicted octanol–water partition coefficient (Wildman–Crippen LogP) is 4.35. The lowest BCUT2D eigenvalue weighted by atomic mass is 9.97. The van der Waals surface area contributed by atoms with E-state index in [0.717, 1.165) is 5.56 Å². The molecule has 0 spiro atoms. The molecule has 0 aromatic heterocycles. The molecule has 106 valence electrons. The van der Waals surface area contributed by atoms with E-state index in [0.29, 0.717) is 11.1 Å². The lowest BCUT2D eigenvalue weighted by molar-refractivity contribution is 0.151. The van der Waals surface area contributed by atoms with Crippen molar-refractivity contribution in [3.63, 3.8) is 0 Å². The van der Waals surface area contributed by atoms with Crippen molar-refractivity contribution in [1.82, 2.24) is 0 Å². The quantitative estimate of drug-likeness (QED) is 0.883. The molecule has 0 bridgehead atoms. The van der Waals surface area contributed by atoms with Gasteiger partial charge in [0.2, 0.25) is 0 Å². The Morgan fingerprint density at radius 3 is 2.20 bits per heavy atom. The van der Waals surface area contributed by atoms with Crippen molar-refractivity contribution in [3.05, 3.63) is 70.5 Å². The van der Waals surface area contributed by atoms with E-state index >= 15 is 0 Å². The van der Waals surface area contributed by atoms with Crippen LogP contribution in [0, 0.1) is 12.7 Å². The predicted molar refractivity (Wildman–Crippen MR) is 71.2 cm³/mol. The van der Waals surface area contributed by atoms with Gasteiger partial charge in [-0.25, -0.2) is 13.2 Å². The van der Waals surface area contributed by atoms with Crippen LogP contribution in [0.1, 0.15) is 34.8 Å². The highest BCUT2D eigenvalue weighted by Gasteiger charge is 2.12. The van der Waals surface area contributed by atoms with E-state index in [-0.39, 0.29) is 17.8 Å². The van der Waals surface area contributed by atoms with Gasteiger partial charge in [0.05, 0.1) is 6.10 Å². The number of hydrogen-bond acceptors (Lipinski definition) is 1. The minimum Gasteiger partial charge on any atom is -0.388 e. The second-order valence-corrected chi connectivity index (χ2v) is 4.76. The summed E-state index contributed by atoms with van der Waals surface area (Å²) in [7, 11) is 0. The topological polar surface area (TPSA) is 20.2 Å². The third-order valence-corrected chi connectivity index (χ3v) is 3.30. The molecule has 1 nitrogen and oxygen atoms in total. The van der Waals surface area contributed by atoms with Crippen molar-refractivity contribution < 1.29 is 18.3 Å². The third-order valence-electron chi connectivity index (χ3n) is 3.30. The van der Waals surface area contributed by atoms with Crippen molar-refractivity contribution in [1.29, 1.82) is 0 Å². The van der Waals surface area contributed by atoms with Crippen molar-refractivity contribution in [2.75, 3.05) is 0 Å². The first-order chi connectivity index (χ1) is 9.47. The van der Waals surface area contributed by atoms with E-state index in [1.54, 1.807) is 6.07 Å². The van der Waals surface area contributed by atoms with Crippen molar-refractivity contribution in [2.24, 2.45) is 0 Å². The zero-order chi connectivity index (χ0) is 14.7. The maximum Gasteiger partial charge on any atom is 0.263 e. The maximum atomic E-state index is 13.2. The molecule has 2 aromatic rings. The SMILES string of the molecule is Cc1ccc(F)cc1CC(O)c1ccc(C(F)F)cc1. The number of aryl methyl sites for hydroxylation is 1. The molecule has 20 heavy (non-hydrogen) atoms. The minimum absolute atomic E-state index is 0.0807. The van der Waals surface area contributed by atoms with Gasteiger partial charge in [-0.15, -0.1) is 0 Å². The van der Waals surface area contributed by atoms with Crippen LogP contribution < -0.4 is 0 Å². The van der Waals surface area contributed by atoms with Gasteiger partial charge in [-0.05, 0) is 35.7 Å². The molecule has 0 radical (unpaired) electrons. The Kier molecular flexibility index (Phi) is 4.45. The number of halogens is 3. The Morgan fingerprint density at radius 2 is 1.60 bits per heavy atom. The molecular weight excluding hydrogens is 265 g/mol. The van der Waals surface area contributed by atoms with Gasteiger partial charge >= 0.3 is 0 Å². The molecule has 2 rings (SSSR count). The fourth-order valence-corrected chi connectivity index (χ4v) is 2.05. The molecule has 0 heterocycles. The molecule has 0 saturated heterocycles. The van der Waals surface area contributed by atoms with Crippen molar-refractivity contribution >= 4 is 0 Å². The van der Waals surface area contributed by atoms with Gasteiger partial charge in [0.1, 0.15) is 5.82 Å². The highest BCUT2D eigenvalue weighted by atomic mass is 19.3. The summed E-state index contributed by atoms with van der Waals surface area (Å²) in [6.45, 7) is 1.83. The number of alkyl halides is 2. The Morgan fingerprint density at radius 1 is 1.00 bits per heavy atom. The number of hydrogen-bond donors (Lipinski definition) is 1. The van der Waals surface area contributed by atoms with E-state index in [4.69, 9.17) is 0 Å². The number of benzene rings is 2. The highest BCUT2D eigenvalue weighted by Crippen LogP contribution is 2.24. The van der Waals surface area contributed by atoms with Crippen LogP contribution >= 0.6 is 0 Å². The fourth-order valence-electron chi connectivity index (χ4n) is 2.05. The lowest BCUT2D eigenvalue weighted by Crippen LogP contribution is -2.04. The molecule has 0 fully saturated rings. The smallest absolute Gasteiger partial charge is 0.263 e. The van der Waals surface area contributed by atoms with Gasteiger partial charge in [0.25, 0.3) is 6.43 Å². The normalized spacial score (nSPS) is 12.7. The summed E-state index contributed by atoms with van der Waals surface area (Å²) in [6.07, 6.45) is -3.12. The van der Waals surface area contributed by atoms with Gasteiger partial charge in [0, 0.05) is 12.0 Å². The molecule has 0 aliphatic carbocycles. The number of aliphatic hydroxyl groups excluding tert-OH is 1. The van der Waals surface area contributed by atoms with Crippen LogP contribution in [-0.4, -0.2) is 5.11 Å². The molecule has 0 saturated carbocycles. The summed E-state index contributed by atoms with van der Waals surface area (Å²) in [5.41, 5.74) is 2.05. The van der Waals surface area contributed by atoms with E-state index in [1.165, 1.54) is 36.4 Å². The molecule has 0 amide bonds.